The molecule has 1 saturated heterocycles. The number of amides is 1. The summed E-state index contributed by atoms with van der Waals surface area (Å²) in [6.45, 7) is 46.5. The molecule has 1 aliphatic rings. The minimum absolute atomic E-state index is 0.241. The van der Waals surface area contributed by atoms with Crippen molar-refractivity contribution in [2.75, 3.05) is 13.2 Å². The van der Waals surface area contributed by atoms with Gasteiger partial charge in [0.15, 0.2) is 70.8 Å². The van der Waals surface area contributed by atoms with Gasteiger partial charge in [-0.2, -0.15) is 0 Å². The van der Waals surface area contributed by atoms with Gasteiger partial charge in [0, 0.05) is 6.92 Å². The Kier molecular flexibility index (Phi) is 19.4. The first-order valence-electron chi connectivity index (χ1n) is 19.6. The molecule has 9 atom stereocenters. The zero-order chi connectivity index (χ0) is 42.5. The number of carbonyl (C=O) groups is 2. The lowest BCUT2D eigenvalue weighted by Crippen LogP contribution is -2.69. The van der Waals surface area contributed by atoms with E-state index < -0.39 is 113 Å². The first-order chi connectivity index (χ1) is 23.9. The molecule has 1 fully saturated rings. The summed E-state index contributed by atoms with van der Waals surface area (Å²) in [5.74, 6) is -0.283. The molecule has 5 unspecified atom stereocenters. The predicted octanol–water partition coefficient (Wildman–Crippen LogP) is 7.60. The van der Waals surface area contributed by atoms with E-state index in [0.29, 0.717) is 6.61 Å². The van der Waals surface area contributed by atoms with Crippen LogP contribution in [0.2, 0.25) is 137 Å². The number of aldehydes is 1. The lowest BCUT2D eigenvalue weighted by atomic mass is 9.96. The van der Waals surface area contributed by atoms with E-state index in [2.05, 4.69) is 143 Å². The summed E-state index contributed by atoms with van der Waals surface area (Å²) in [6.07, 6.45) is -5.43. The summed E-state index contributed by atoms with van der Waals surface area (Å²) in [6, 6.07) is -0.811. The Morgan fingerprint density at radius 2 is 1.06 bits per heavy atom. The van der Waals surface area contributed by atoms with Gasteiger partial charge in [-0.1, -0.05) is 0 Å². The van der Waals surface area contributed by atoms with Crippen LogP contribution >= 0.6 is 0 Å². The monoisotopic (exact) mass is 887 g/mol. The van der Waals surface area contributed by atoms with E-state index in [0.717, 1.165) is 6.29 Å². The van der Waals surface area contributed by atoms with Gasteiger partial charge in [-0.25, -0.2) is 0 Å². The SMILES string of the molecule is CC(=O)N[C@@H]1C(OC(C=O)C(O[Si](C)(C)C)C(O[Si](C)(C)C)C(CO[Si](C)(C)C)O[Si](C)(C)C)O[C@H](CO[Si](C)(C)C)[C@@H](O[Si](C)(C)C)[C@@H]1O[Si](C)(C)C. The normalized spacial score (nSPS) is 24.8. The molecule has 0 aromatic heterocycles. The summed E-state index contributed by atoms with van der Waals surface area (Å²) in [7, 11) is -15.3. The van der Waals surface area contributed by atoms with Gasteiger partial charge in [0.05, 0.1) is 25.4 Å². The molecule has 12 nitrogen and oxygen atoms in total. The van der Waals surface area contributed by atoms with E-state index in [1.165, 1.54) is 6.92 Å². The molecule has 1 N–H and O–H groups in total. The number of hydrogen-bond acceptors (Lipinski definition) is 11. The molecule has 0 spiro atoms. The molecule has 0 saturated carbocycles. The Hall–Kier alpha value is 0.298. The van der Waals surface area contributed by atoms with Gasteiger partial charge in [0.25, 0.3) is 0 Å². The van der Waals surface area contributed by atoms with Crippen molar-refractivity contribution in [2.45, 2.75) is 199 Å². The lowest BCUT2D eigenvalue weighted by Gasteiger charge is -2.51. The van der Waals surface area contributed by atoms with Crippen LogP contribution in [0.4, 0.5) is 0 Å². The van der Waals surface area contributed by atoms with Crippen LogP contribution in [-0.2, 0) is 50.0 Å². The van der Waals surface area contributed by atoms with Crippen molar-refractivity contribution in [1.82, 2.24) is 5.32 Å². The quantitative estimate of drug-likeness (QED) is 0.0805. The van der Waals surface area contributed by atoms with Gasteiger partial charge in [0.2, 0.25) is 5.91 Å². The second-order valence-electron chi connectivity index (χ2n) is 21.4. The topological polar surface area (TPSA) is 129 Å². The van der Waals surface area contributed by atoms with Gasteiger partial charge >= 0.3 is 0 Å². The Labute approximate surface area is 337 Å². The van der Waals surface area contributed by atoms with Crippen LogP contribution in [0.5, 0.6) is 0 Å². The smallest absolute Gasteiger partial charge is 0.217 e. The van der Waals surface area contributed by atoms with Crippen molar-refractivity contribution in [3.8, 4) is 0 Å². The van der Waals surface area contributed by atoms with Crippen LogP contribution in [-0.4, -0.2) is 139 Å². The highest BCUT2D eigenvalue weighted by Gasteiger charge is 2.53. The van der Waals surface area contributed by atoms with Gasteiger partial charge in [0.1, 0.15) is 36.6 Å². The van der Waals surface area contributed by atoms with Crippen LogP contribution < -0.4 is 5.32 Å². The molecule has 0 aromatic carbocycles. The average molecular weight is 889 g/mol. The fourth-order valence-electron chi connectivity index (χ4n) is 5.79. The van der Waals surface area contributed by atoms with Crippen LogP contribution in [0.25, 0.3) is 0 Å². The minimum Gasteiger partial charge on any atom is -0.415 e. The minimum atomic E-state index is -2.38. The number of carbonyl (C=O) groups excluding carboxylic acids is 2. The fourth-order valence-corrected chi connectivity index (χ4v) is 12.6. The van der Waals surface area contributed by atoms with Gasteiger partial charge in [-0.3, -0.25) is 4.79 Å². The molecular formula is C35H81NO11Si7. The first-order valence-corrected chi connectivity index (χ1v) is 43.4. The van der Waals surface area contributed by atoms with E-state index >= 15 is 0 Å². The Morgan fingerprint density at radius 1 is 0.611 bits per heavy atom. The average Bonchev–Trinajstić information content (AvgIpc) is 2.89. The highest BCUT2D eigenvalue weighted by Crippen LogP contribution is 2.34. The number of rotatable bonds is 23. The van der Waals surface area contributed by atoms with Crippen molar-refractivity contribution in [2.24, 2.45) is 0 Å². The Morgan fingerprint density at radius 3 is 1.44 bits per heavy atom. The van der Waals surface area contributed by atoms with E-state index in [-0.39, 0.29) is 12.5 Å². The van der Waals surface area contributed by atoms with Crippen molar-refractivity contribution in [1.29, 1.82) is 0 Å². The second-order valence-corrected chi connectivity index (χ2v) is 52.7. The molecule has 1 heterocycles. The molecule has 19 heteroatoms. The maximum absolute atomic E-state index is 13.5. The molecule has 1 aliphatic heterocycles. The zero-order valence-electron chi connectivity index (χ0n) is 38.2. The number of ether oxygens (including phenoxy) is 2. The molecule has 0 radical (unpaired) electrons. The third kappa shape index (κ3) is 21.9. The molecule has 0 aliphatic carbocycles. The zero-order valence-corrected chi connectivity index (χ0v) is 45.2. The van der Waals surface area contributed by atoms with E-state index in [4.69, 9.17) is 40.5 Å². The fraction of sp³-hybridized carbons (Fsp3) is 0.943. The highest BCUT2D eigenvalue weighted by atomic mass is 28.4. The number of nitrogens with one attached hydrogen (secondary N) is 1. The maximum Gasteiger partial charge on any atom is 0.217 e. The molecule has 0 aromatic rings. The highest BCUT2D eigenvalue weighted by molar-refractivity contribution is 6.72. The molecule has 0 bridgehead atoms. The summed E-state index contributed by atoms with van der Waals surface area (Å²) < 4.78 is 61.3. The molecule has 54 heavy (non-hydrogen) atoms. The third-order valence-corrected chi connectivity index (χ3v) is 14.3. The van der Waals surface area contributed by atoms with Crippen molar-refractivity contribution >= 4 is 70.4 Å². The molecule has 1 amide bonds. The maximum atomic E-state index is 13.5. The lowest BCUT2D eigenvalue weighted by molar-refractivity contribution is -0.281. The molecular weight excluding hydrogens is 807 g/mol. The van der Waals surface area contributed by atoms with Gasteiger partial charge in [-0.15, -0.1) is 0 Å². The van der Waals surface area contributed by atoms with E-state index in [9.17, 15) is 9.59 Å². The van der Waals surface area contributed by atoms with Crippen molar-refractivity contribution in [3.05, 3.63) is 0 Å². The molecule has 320 valence electrons. The van der Waals surface area contributed by atoms with Crippen LogP contribution in [0.1, 0.15) is 6.92 Å². The van der Waals surface area contributed by atoms with Crippen LogP contribution in [0.3, 0.4) is 0 Å². The third-order valence-electron chi connectivity index (χ3n) is 7.28. The summed E-state index contributed by atoms with van der Waals surface area (Å²) >= 11 is 0. The predicted molar refractivity (Wildman–Crippen MR) is 237 cm³/mol. The van der Waals surface area contributed by atoms with Gasteiger partial charge < -0.3 is 50.6 Å². The second kappa shape index (κ2) is 20.0. The summed E-state index contributed by atoms with van der Waals surface area (Å²) in [5, 5.41) is 3.09. The van der Waals surface area contributed by atoms with Gasteiger partial charge in [-0.05, 0) is 137 Å². The number of hydrogen-bond donors (Lipinski definition) is 1. The van der Waals surface area contributed by atoms with Crippen molar-refractivity contribution < 1.29 is 50.0 Å². The Bertz CT molecular complexity index is 1170. The first kappa shape index (κ1) is 52.3. The summed E-state index contributed by atoms with van der Waals surface area (Å²) in [5.41, 5.74) is 0. The largest absolute Gasteiger partial charge is 0.415 e. The molecule has 1 rings (SSSR count). The standard InChI is InChI=1S/C35H81NO11Si7/c1-26(38)36-30-34(47-54(20,21)22)32(45-52(14,15)16)28(24-39-48(2,3)4)42-35(30)41-27(23-37)31(44-51(11,12)13)33(46-53(17,18)19)29(43-50(8,9)10)25-40-49(5,6)7/h23,27-35H,24-25H2,1-22H3,(H,36,38)/t27?,28-,29?,30+,31?,32-,33?,34-,35?/m1/s1. The van der Waals surface area contributed by atoms with E-state index in [1.807, 2.05) is 0 Å². The van der Waals surface area contributed by atoms with Crippen LogP contribution in [0, 0.1) is 0 Å². The summed E-state index contributed by atoms with van der Waals surface area (Å²) in [4.78, 5) is 26.5. The van der Waals surface area contributed by atoms with E-state index in [1.54, 1.807) is 0 Å². The van der Waals surface area contributed by atoms with Crippen LogP contribution in [0.15, 0.2) is 0 Å². The Balaban J connectivity index is 4.06. The van der Waals surface area contributed by atoms with Crippen molar-refractivity contribution in [3.63, 3.8) is 0 Å².